The number of para-hydroxylation sites is 1. The minimum Gasteiger partial charge on any atom is -0.319 e. The summed E-state index contributed by atoms with van der Waals surface area (Å²) in [6.45, 7) is 0. The molecule has 0 saturated carbocycles. The Bertz CT molecular complexity index is 980. The Morgan fingerprint density at radius 3 is 2.04 bits per heavy atom. The van der Waals surface area contributed by atoms with Crippen molar-refractivity contribution in [2.24, 2.45) is 0 Å². The van der Waals surface area contributed by atoms with Crippen LogP contribution in [0.15, 0.2) is 109 Å². The minimum absolute atomic E-state index is 0.0596. The first kappa shape index (κ1) is 16.8. The first-order valence-electron chi connectivity index (χ1n) is 9.68. The standard InChI is InChI=1S/C25H22N2O/c1-4-11-20(12-5-1)23-17-10-18-26(23)25-19-24(21-13-6-2-7-14-21)27(28-25)22-15-8-3-9-16-22/h1-18,24-25H,19H2/t24-,25+/m0/s1. The molecule has 28 heavy (non-hydrogen) atoms. The van der Waals surface area contributed by atoms with Crippen LogP contribution in [0.5, 0.6) is 0 Å². The molecule has 0 amide bonds. The molecule has 1 aromatic heterocycles. The summed E-state index contributed by atoms with van der Waals surface area (Å²) in [5.74, 6) is 0. The van der Waals surface area contributed by atoms with E-state index in [1.165, 1.54) is 16.8 Å². The third-order valence-electron chi connectivity index (χ3n) is 5.30. The van der Waals surface area contributed by atoms with Crippen LogP contribution < -0.4 is 5.06 Å². The van der Waals surface area contributed by atoms with Crippen LogP contribution >= 0.6 is 0 Å². The first-order chi connectivity index (χ1) is 13.9. The minimum atomic E-state index is -0.0596. The highest BCUT2D eigenvalue weighted by atomic mass is 16.7. The van der Waals surface area contributed by atoms with Gasteiger partial charge in [0.15, 0.2) is 6.23 Å². The van der Waals surface area contributed by atoms with Gasteiger partial charge in [0.1, 0.15) is 0 Å². The fraction of sp³-hybridized carbons (Fsp3) is 0.120. The Labute approximate surface area is 165 Å². The van der Waals surface area contributed by atoms with E-state index in [0.29, 0.717) is 0 Å². The van der Waals surface area contributed by atoms with Crippen molar-refractivity contribution in [3.63, 3.8) is 0 Å². The van der Waals surface area contributed by atoms with Crippen LogP contribution in [0.1, 0.15) is 24.3 Å². The summed E-state index contributed by atoms with van der Waals surface area (Å²) in [6.07, 6.45) is 2.94. The van der Waals surface area contributed by atoms with E-state index in [1.807, 2.05) is 12.1 Å². The van der Waals surface area contributed by atoms with Crippen molar-refractivity contribution < 1.29 is 4.84 Å². The molecule has 3 nitrogen and oxygen atoms in total. The summed E-state index contributed by atoms with van der Waals surface area (Å²) in [5.41, 5.74) is 4.72. The molecule has 0 N–H and O–H groups in total. The van der Waals surface area contributed by atoms with Crippen LogP contribution in [0.3, 0.4) is 0 Å². The van der Waals surface area contributed by atoms with E-state index in [1.54, 1.807) is 0 Å². The highest BCUT2D eigenvalue weighted by Crippen LogP contribution is 2.43. The first-order valence-corrected chi connectivity index (χ1v) is 9.68. The van der Waals surface area contributed by atoms with E-state index in [0.717, 1.165) is 12.1 Å². The average molecular weight is 366 g/mol. The Morgan fingerprint density at radius 1 is 0.679 bits per heavy atom. The van der Waals surface area contributed by atoms with E-state index in [2.05, 4.69) is 107 Å². The molecular weight excluding hydrogens is 344 g/mol. The lowest BCUT2D eigenvalue weighted by Gasteiger charge is -2.25. The molecule has 1 aliphatic rings. The average Bonchev–Trinajstić information content (AvgIpc) is 3.43. The van der Waals surface area contributed by atoms with Crippen LogP contribution in [0.25, 0.3) is 11.3 Å². The van der Waals surface area contributed by atoms with Crippen molar-refractivity contribution in [1.29, 1.82) is 0 Å². The van der Waals surface area contributed by atoms with Gasteiger partial charge in [0, 0.05) is 12.6 Å². The lowest BCUT2D eigenvalue weighted by molar-refractivity contribution is 0.0361. The predicted octanol–water partition coefficient (Wildman–Crippen LogP) is 6.24. The highest BCUT2D eigenvalue weighted by molar-refractivity contribution is 5.60. The maximum absolute atomic E-state index is 6.52. The van der Waals surface area contributed by atoms with Gasteiger partial charge in [-0.15, -0.1) is 0 Å². The number of hydrogen-bond donors (Lipinski definition) is 0. The van der Waals surface area contributed by atoms with Gasteiger partial charge in [-0.1, -0.05) is 78.9 Å². The molecule has 2 atom stereocenters. The molecule has 3 heteroatoms. The molecule has 5 rings (SSSR count). The topological polar surface area (TPSA) is 17.4 Å². The summed E-state index contributed by atoms with van der Waals surface area (Å²) >= 11 is 0. The molecule has 0 radical (unpaired) electrons. The van der Waals surface area contributed by atoms with Crippen LogP contribution in [-0.4, -0.2) is 4.57 Å². The van der Waals surface area contributed by atoms with Gasteiger partial charge >= 0.3 is 0 Å². The number of hydroxylamine groups is 1. The van der Waals surface area contributed by atoms with Gasteiger partial charge in [-0.25, -0.2) is 9.90 Å². The van der Waals surface area contributed by atoms with Gasteiger partial charge in [0.05, 0.1) is 17.4 Å². The molecule has 0 spiro atoms. The molecule has 1 aliphatic heterocycles. The molecule has 3 aromatic carbocycles. The summed E-state index contributed by atoms with van der Waals surface area (Å²) in [4.78, 5) is 6.52. The Kier molecular flexibility index (Phi) is 4.43. The molecule has 0 unspecified atom stereocenters. The number of anilines is 1. The van der Waals surface area contributed by atoms with Crippen molar-refractivity contribution in [3.8, 4) is 11.3 Å². The van der Waals surface area contributed by atoms with Gasteiger partial charge < -0.3 is 4.57 Å². The van der Waals surface area contributed by atoms with Crippen LogP contribution in [-0.2, 0) is 4.84 Å². The van der Waals surface area contributed by atoms with Crippen molar-refractivity contribution in [1.82, 2.24) is 4.57 Å². The summed E-state index contributed by atoms with van der Waals surface area (Å²) in [6, 6.07) is 35.9. The molecule has 138 valence electrons. The molecular formula is C25H22N2O. The monoisotopic (exact) mass is 366 g/mol. The summed E-state index contributed by atoms with van der Waals surface area (Å²) in [5, 5.41) is 2.06. The van der Waals surface area contributed by atoms with Crippen molar-refractivity contribution >= 4 is 5.69 Å². The van der Waals surface area contributed by atoms with E-state index < -0.39 is 0 Å². The normalized spacial score (nSPS) is 19.1. The van der Waals surface area contributed by atoms with Crippen molar-refractivity contribution in [2.45, 2.75) is 18.7 Å². The number of rotatable bonds is 4. The quantitative estimate of drug-likeness (QED) is 0.425. The van der Waals surface area contributed by atoms with Crippen LogP contribution in [0, 0.1) is 0 Å². The van der Waals surface area contributed by atoms with Crippen molar-refractivity contribution in [2.75, 3.05) is 5.06 Å². The third kappa shape index (κ3) is 3.10. The Balaban J connectivity index is 1.52. The second-order valence-corrected chi connectivity index (χ2v) is 7.05. The number of hydrogen-bond acceptors (Lipinski definition) is 2. The van der Waals surface area contributed by atoms with Crippen molar-refractivity contribution in [3.05, 3.63) is 115 Å². The summed E-state index contributed by atoms with van der Waals surface area (Å²) in [7, 11) is 0. The molecule has 1 fully saturated rings. The highest BCUT2D eigenvalue weighted by Gasteiger charge is 2.36. The van der Waals surface area contributed by atoms with Gasteiger partial charge in [0.25, 0.3) is 0 Å². The molecule has 0 bridgehead atoms. The fourth-order valence-corrected chi connectivity index (χ4v) is 3.96. The smallest absolute Gasteiger partial charge is 0.163 e. The second kappa shape index (κ2) is 7.37. The van der Waals surface area contributed by atoms with Gasteiger partial charge in [0.2, 0.25) is 0 Å². The Hall–Kier alpha value is -3.30. The fourth-order valence-electron chi connectivity index (χ4n) is 3.96. The molecule has 0 aliphatic carbocycles. The Morgan fingerprint density at radius 2 is 1.32 bits per heavy atom. The SMILES string of the molecule is c1ccc(-c2cccn2[C@H]2C[C@@H](c3ccccc3)N(c3ccccc3)O2)cc1. The maximum atomic E-state index is 6.52. The predicted molar refractivity (Wildman–Crippen MR) is 113 cm³/mol. The summed E-state index contributed by atoms with van der Waals surface area (Å²) < 4.78 is 2.24. The lowest BCUT2D eigenvalue weighted by Crippen LogP contribution is -2.21. The van der Waals surface area contributed by atoms with Crippen LogP contribution in [0.4, 0.5) is 5.69 Å². The van der Waals surface area contributed by atoms with Gasteiger partial charge in [-0.2, -0.15) is 0 Å². The van der Waals surface area contributed by atoms with Crippen LogP contribution in [0.2, 0.25) is 0 Å². The number of aromatic nitrogens is 1. The second-order valence-electron chi connectivity index (χ2n) is 7.05. The molecule has 4 aromatic rings. The molecule has 1 saturated heterocycles. The maximum Gasteiger partial charge on any atom is 0.163 e. The van der Waals surface area contributed by atoms with E-state index >= 15 is 0 Å². The third-order valence-corrected chi connectivity index (χ3v) is 5.30. The zero-order valence-corrected chi connectivity index (χ0v) is 15.6. The van der Waals surface area contributed by atoms with E-state index in [9.17, 15) is 0 Å². The zero-order chi connectivity index (χ0) is 18.8. The van der Waals surface area contributed by atoms with Gasteiger partial charge in [-0.05, 0) is 35.4 Å². The molecule has 2 heterocycles. The number of nitrogens with zero attached hydrogens (tertiary/aromatic N) is 2. The van der Waals surface area contributed by atoms with E-state index in [4.69, 9.17) is 4.84 Å². The largest absolute Gasteiger partial charge is 0.319 e. The number of benzene rings is 3. The zero-order valence-electron chi connectivity index (χ0n) is 15.6. The van der Waals surface area contributed by atoms with E-state index in [-0.39, 0.29) is 12.3 Å². The van der Waals surface area contributed by atoms with Gasteiger partial charge in [-0.3, -0.25) is 0 Å². The lowest BCUT2D eigenvalue weighted by atomic mass is 10.0.